The monoisotopic (exact) mass is 280 g/mol. The van der Waals surface area contributed by atoms with Gasteiger partial charge in [-0.05, 0) is 37.7 Å². The second kappa shape index (κ2) is 9.75. The standard InChI is InChI=1S/C16H28N2O2/c1-4-14-7-6-8-16(11-14)20-13-15(19)12-17-9-10-18(3)5-2/h6-8,11,15,17,19H,4-5,9-10,12-13H2,1-3H3. The minimum absolute atomic E-state index is 0.323. The molecule has 0 aromatic heterocycles. The maximum Gasteiger partial charge on any atom is 0.119 e. The van der Waals surface area contributed by atoms with Crippen molar-refractivity contribution in [2.24, 2.45) is 0 Å². The summed E-state index contributed by atoms with van der Waals surface area (Å²) in [6, 6.07) is 8.01. The van der Waals surface area contributed by atoms with E-state index in [4.69, 9.17) is 4.74 Å². The number of rotatable bonds is 10. The van der Waals surface area contributed by atoms with Crippen molar-refractivity contribution in [3.8, 4) is 5.75 Å². The van der Waals surface area contributed by atoms with Crippen LogP contribution in [0, 0.1) is 0 Å². The van der Waals surface area contributed by atoms with Crippen LogP contribution in [0.5, 0.6) is 5.75 Å². The van der Waals surface area contributed by atoms with E-state index in [-0.39, 0.29) is 0 Å². The molecule has 0 aliphatic rings. The Morgan fingerprint density at radius 1 is 1.35 bits per heavy atom. The molecule has 0 aliphatic carbocycles. The van der Waals surface area contributed by atoms with E-state index in [0.717, 1.165) is 31.8 Å². The highest BCUT2D eigenvalue weighted by Crippen LogP contribution is 2.13. The van der Waals surface area contributed by atoms with Crippen molar-refractivity contribution in [1.29, 1.82) is 0 Å². The van der Waals surface area contributed by atoms with Crippen LogP contribution >= 0.6 is 0 Å². The Kier molecular flexibility index (Phi) is 8.26. The summed E-state index contributed by atoms with van der Waals surface area (Å²) in [4.78, 5) is 2.23. The van der Waals surface area contributed by atoms with Crippen molar-refractivity contribution >= 4 is 0 Å². The van der Waals surface area contributed by atoms with Gasteiger partial charge < -0.3 is 20.1 Å². The zero-order chi connectivity index (χ0) is 14.8. The molecule has 0 heterocycles. The Morgan fingerprint density at radius 2 is 2.15 bits per heavy atom. The van der Waals surface area contributed by atoms with Gasteiger partial charge in [-0.2, -0.15) is 0 Å². The van der Waals surface area contributed by atoms with Gasteiger partial charge in [0.1, 0.15) is 18.5 Å². The van der Waals surface area contributed by atoms with Gasteiger partial charge in [-0.15, -0.1) is 0 Å². The number of nitrogens with one attached hydrogen (secondary N) is 1. The van der Waals surface area contributed by atoms with Crippen LogP contribution in [0.25, 0.3) is 0 Å². The first-order valence-electron chi connectivity index (χ1n) is 7.44. The smallest absolute Gasteiger partial charge is 0.119 e. The molecule has 1 rings (SSSR count). The molecule has 1 aromatic rings. The molecule has 0 saturated carbocycles. The van der Waals surface area contributed by atoms with Crippen LogP contribution in [0.4, 0.5) is 0 Å². The molecule has 2 N–H and O–H groups in total. The maximum atomic E-state index is 9.86. The summed E-state index contributed by atoms with van der Waals surface area (Å²) in [5.74, 6) is 0.828. The summed E-state index contributed by atoms with van der Waals surface area (Å²) >= 11 is 0. The summed E-state index contributed by atoms with van der Waals surface area (Å²) in [6.07, 6.45) is 0.513. The maximum absolute atomic E-state index is 9.86. The molecular weight excluding hydrogens is 252 g/mol. The first kappa shape index (κ1) is 17.0. The number of hydrogen-bond acceptors (Lipinski definition) is 4. The van der Waals surface area contributed by atoms with Crippen LogP contribution in [-0.2, 0) is 6.42 Å². The lowest BCUT2D eigenvalue weighted by atomic mass is 10.2. The van der Waals surface area contributed by atoms with E-state index < -0.39 is 6.10 Å². The van der Waals surface area contributed by atoms with Gasteiger partial charge in [-0.3, -0.25) is 0 Å². The average Bonchev–Trinajstić information content (AvgIpc) is 2.49. The third-order valence-electron chi connectivity index (χ3n) is 3.34. The molecule has 4 nitrogen and oxygen atoms in total. The lowest BCUT2D eigenvalue weighted by Gasteiger charge is -2.16. The Bertz CT molecular complexity index is 371. The van der Waals surface area contributed by atoms with Gasteiger partial charge in [0.05, 0.1) is 0 Å². The molecule has 20 heavy (non-hydrogen) atoms. The highest BCUT2D eigenvalue weighted by Gasteiger charge is 2.05. The van der Waals surface area contributed by atoms with Crippen LogP contribution in [0.1, 0.15) is 19.4 Å². The molecule has 0 spiro atoms. The van der Waals surface area contributed by atoms with Crippen molar-refractivity contribution in [1.82, 2.24) is 10.2 Å². The third kappa shape index (κ3) is 6.89. The van der Waals surface area contributed by atoms with Gasteiger partial charge in [0, 0.05) is 19.6 Å². The van der Waals surface area contributed by atoms with Gasteiger partial charge in [0.15, 0.2) is 0 Å². The first-order valence-corrected chi connectivity index (χ1v) is 7.44. The Balaban J connectivity index is 2.17. The van der Waals surface area contributed by atoms with Crippen molar-refractivity contribution < 1.29 is 9.84 Å². The van der Waals surface area contributed by atoms with Gasteiger partial charge in [-0.25, -0.2) is 0 Å². The number of likely N-dealkylation sites (N-methyl/N-ethyl adjacent to an activating group) is 1. The lowest BCUT2D eigenvalue weighted by molar-refractivity contribution is 0.106. The molecule has 0 saturated heterocycles. The van der Waals surface area contributed by atoms with Crippen molar-refractivity contribution in [3.05, 3.63) is 29.8 Å². The van der Waals surface area contributed by atoms with Crippen LogP contribution < -0.4 is 10.1 Å². The summed E-state index contributed by atoms with van der Waals surface area (Å²) in [5, 5.41) is 13.1. The normalized spacial score (nSPS) is 12.7. The number of ether oxygens (including phenoxy) is 1. The molecule has 1 unspecified atom stereocenters. The molecule has 0 fully saturated rings. The zero-order valence-electron chi connectivity index (χ0n) is 12.9. The quantitative estimate of drug-likeness (QED) is 0.638. The molecule has 0 amide bonds. The van der Waals surface area contributed by atoms with E-state index in [1.807, 2.05) is 18.2 Å². The summed E-state index contributed by atoms with van der Waals surface area (Å²) in [7, 11) is 2.09. The number of benzene rings is 1. The SMILES string of the molecule is CCc1cccc(OCC(O)CNCCN(C)CC)c1. The van der Waals surface area contributed by atoms with Gasteiger partial charge in [0.2, 0.25) is 0 Å². The molecule has 0 bridgehead atoms. The summed E-state index contributed by atoms with van der Waals surface area (Å²) in [6.45, 7) is 8.05. The fourth-order valence-corrected chi connectivity index (χ4v) is 1.80. The minimum Gasteiger partial charge on any atom is -0.491 e. The number of aliphatic hydroxyl groups excluding tert-OH is 1. The van der Waals surface area contributed by atoms with Crippen LogP contribution in [0.3, 0.4) is 0 Å². The number of aliphatic hydroxyl groups is 1. The molecule has 114 valence electrons. The predicted octanol–water partition coefficient (Wildman–Crippen LogP) is 1.53. The van der Waals surface area contributed by atoms with E-state index >= 15 is 0 Å². The van der Waals surface area contributed by atoms with E-state index in [1.54, 1.807) is 0 Å². The van der Waals surface area contributed by atoms with Crippen molar-refractivity contribution in [3.63, 3.8) is 0 Å². The first-order chi connectivity index (χ1) is 9.65. The van der Waals surface area contributed by atoms with Gasteiger partial charge in [0.25, 0.3) is 0 Å². The largest absolute Gasteiger partial charge is 0.491 e. The zero-order valence-corrected chi connectivity index (χ0v) is 12.9. The summed E-state index contributed by atoms with van der Waals surface area (Å²) in [5.41, 5.74) is 1.25. The number of nitrogens with zero attached hydrogens (tertiary/aromatic N) is 1. The Morgan fingerprint density at radius 3 is 2.85 bits per heavy atom. The minimum atomic E-state index is -0.479. The third-order valence-corrected chi connectivity index (χ3v) is 3.34. The molecule has 1 atom stereocenters. The number of aryl methyl sites for hydroxylation is 1. The topological polar surface area (TPSA) is 44.7 Å². The fourth-order valence-electron chi connectivity index (χ4n) is 1.80. The van der Waals surface area contributed by atoms with E-state index in [9.17, 15) is 5.11 Å². The summed E-state index contributed by atoms with van der Waals surface area (Å²) < 4.78 is 5.61. The van der Waals surface area contributed by atoms with Crippen molar-refractivity contribution in [2.45, 2.75) is 26.4 Å². The molecular formula is C16H28N2O2. The second-order valence-electron chi connectivity index (χ2n) is 5.07. The van der Waals surface area contributed by atoms with Gasteiger partial charge >= 0.3 is 0 Å². The fraction of sp³-hybridized carbons (Fsp3) is 0.625. The number of hydrogen-bond donors (Lipinski definition) is 2. The van der Waals surface area contributed by atoms with E-state index in [0.29, 0.717) is 13.2 Å². The van der Waals surface area contributed by atoms with Crippen molar-refractivity contribution in [2.75, 3.05) is 39.8 Å². The molecule has 0 aliphatic heterocycles. The molecule has 1 aromatic carbocycles. The predicted molar refractivity (Wildman–Crippen MR) is 83.4 cm³/mol. The molecule has 4 heteroatoms. The highest BCUT2D eigenvalue weighted by atomic mass is 16.5. The van der Waals surface area contributed by atoms with Crippen LogP contribution in [0.15, 0.2) is 24.3 Å². The highest BCUT2D eigenvalue weighted by molar-refractivity contribution is 5.28. The Hall–Kier alpha value is -1.10. The van der Waals surface area contributed by atoms with E-state index in [1.165, 1.54) is 5.56 Å². The van der Waals surface area contributed by atoms with Crippen LogP contribution in [-0.4, -0.2) is 55.9 Å². The average molecular weight is 280 g/mol. The Labute approximate surface area is 122 Å². The van der Waals surface area contributed by atoms with E-state index in [2.05, 4.69) is 37.2 Å². The lowest BCUT2D eigenvalue weighted by Crippen LogP contribution is -2.36. The van der Waals surface area contributed by atoms with Gasteiger partial charge in [-0.1, -0.05) is 26.0 Å². The van der Waals surface area contributed by atoms with Crippen LogP contribution in [0.2, 0.25) is 0 Å². The molecule has 0 radical (unpaired) electrons. The second-order valence-corrected chi connectivity index (χ2v) is 5.07.